The zero-order valence-corrected chi connectivity index (χ0v) is 9.62. The molecule has 0 amide bonds. The van der Waals surface area contributed by atoms with Crippen molar-refractivity contribution in [1.82, 2.24) is 9.88 Å². The van der Waals surface area contributed by atoms with Crippen LogP contribution >= 0.6 is 0 Å². The second kappa shape index (κ2) is 5.25. The summed E-state index contributed by atoms with van der Waals surface area (Å²) in [6.07, 6.45) is 2.48. The van der Waals surface area contributed by atoms with E-state index in [2.05, 4.69) is 22.1 Å². The first-order chi connectivity index (χ1) is 7.79. The van der Waals surface area contributed by atoms with Crippen molar-refractivity contribution < 1.29 is 4.39 Å². The van der Waals surface area contributed by atoms with Gasteiger partial charge in [0.15, 0.2) is 0 Å². The summed E-state index contributed by atoms with van der Waals surface area (Å²) in [5.74, 6) is 0.201. The van der Waals surface area contributed by atoms with Gasteiger partial charge in [0.25, 0.3) is 0 Å². The average Bonchev–Trinajstić information content (AvgIpc) is 2.74. The van der Waals surface area contributed by atoms with Crippen LogP contribution in [0, 0.1) is 5.95 Å². The van der Waals surface area contributed by atoms with Crippen LogP contribution < -0.4 is 5.32 Å². The number of pyridine rings is 1. The zero-order valence-electron chi connectivity index (χ0n) is 9.62. The fourth-order valence-corrected chi connectivity index (χ4v) is 2.27. The predicted octanol–water partition coefficient (Wildman–Crippen LogP) is 2.12. The highest BCUT2D eigenvalue weighted by Crippen LogP contribution is 2.17. The molecule has 4 heteroatoms. The lowest BCUT2D eigenvalue weighted by Gasteiger charge is -2.23. The molecule has 0 aromatic carbocycles. The van der Waals surface area contributed by atoms with Gasteiger partial charge in [0, 0.05) is 12.6 Å². The van der Waals surface area contributed by atoms with E-state index >= 15 is 0 Å². The summed E-state index contributed by atoms with van der Waals surface area (Å²) in [5.41, 5.74) is 0. The molecule has 1 unspecified atom stereocenters. The Labute approximate surface area is 95.7 Å². The number of anilines is 1. The molecule has 0 bridgehead atoms. The Morgan fingerprint density at radius 1 is 1.56 bits per heavy atom. The Hall–Kier alpha value is -1.16. The standard InChI is InChI=1S/C12H18FN3/c1-2-16-8-4-5-10(16)9-14-12-7-3-6-11(13)15-12/h3,6-7,10H,2,4-5,8-9H2,1H3,(H,14,15). The minimum atomic E-state index is -0.427. The first kappa shape index (κ1) is 11.3. The molecule has 0 radical (unpaired) electrons. The second-order valence-electron chi connectivity index (χ2n) is 4.15. The van der Waals surface area contributed by atoms with Crippen LogP contribution in [-0.2, 0) is 0 Å². The molecular weight excluding hydrogens is 205 g/mol. The average molecular weight is 223 g/mol. The summed E-state index contributed by atoms with van der Waals surface area (Å²) in [7, 11) is 0. The van der Waals surface area contributed by atoms with Gasteiger partial charge in [-0.15, -0.1) is 0 Å². The smallest absolute Gasteiger partial charge is 0.214 e. The molecule has 0 saturated carbocycles. The number of likely N-dealkylation sites (N-methyl/N-ethyl adjacent to an activating group) is 1. The molecule has 3 nitrogen and oxygen atoms in total. The van der Waals surface area contributed by atoms with E-state index in [4.69, 9.17) is 0 Å². The third kappa shape index (κ3) is 2.70. The number of hydrogen-bond donors (Lipinski definition) is 1. The van der Waals surface area contributed by atoms with Crippen molar-refractivity contribution in [3.63, 3.8) is 0 Å². The summed E-state index contributed by atoms with van der Waals surface area (Å²) in [4.78, 5) is 6.24. The maximum atomic E-state index is 12.8. The second-order valence-corrected chi connectivity index (χ2v) is 4.15. The molecule has 1 aromatic heterocycles. The molecule has 1 aromatic rings. The zero-order chi connectivity index (χ0) is 11.4. The SMILES string of the molecule is CCN1CCCC1CNc1cccc(F)n1. The molecule has 1 aliphatic heterocycles. The lowest BCUT2D eigenvalue weighted by Crippen LogP contribution is -2.34. The number of nitrogens with zero attached hydrogens (tertiary/aromatic N) is 2. The van der Waals surface area contributed by atoms with Crippen LogP contribution in [0.25, 0.3) is 0 Å². The van der Waals surface area contributed by atoms with Gasteiger partial charge in [-0.2, -0.15) is 4.39 Å². The number of nitrogens with one attached hydrogen (secondary N) is 1. The molecule has 2 rings (SSSR count). The normalized spacial score (nSPS) is 21.2. The molecule has 0 spiro atoms. The lowest BCUT2D eigenvalue weighted by molar-refractivity contribution is 0.277. The molecule has 2 heterocycles. The minimum Gasteiger partial charge on any atom is -0.368 e. The van der Waals surface area contributed by atoms with Crippen molar-refractivity contribution >= 4 is 5.82 Å². The Morgan fingerprint density at radius 2 is 2.44 bits per heavy atom. The van der Waals surface area contributed by atoms with Crippen LogP contribution in [0.2, 0.25) is 0 Å². The third-order valence-electron chi connectivity index (χ3n) is 3.14. The van der Waals surface area contributed by atoms with Gasteiger partial charge >= 0.3 is 0 Å². The van der Waals surface area contributed by atoms with Crippen LogP contribution in [0.4, 0.5) is 10.2 Å². The number of halogens is 1. The molecule has 1 N–H and O–H groups in total. The Morgan fingerprint density at radius 3 is 3.19 bits per heavy atom. The molecule has 1 aliphatic rings. The summed E-state index contributed by atoms with van der Waals surface area (Å²) in [5, 5.41) is 3.20. The summed E-state index contributed by atoms with van der Waals surface area (Å²) >= 11 is 0. The molecule has 1 fully saturated rings. The van der Waals surface area contributed by atoms with E-state index in [9.17, 15) is 4.39 Å². The van der Waals surface area contributed by atoms with Crippen LogP contribution in [0.15, 0.2) is 18.2 Å². The van der Waals surface area contributed by atoms with Crippen molar-refractivity contribution in [2.45, 2.75) is 25.8 Å². The van der Waals surface area contributed by atoms with Crippen molar-refractivity contribution in [2.75, 3.05) is 25.0 Å². The van der Waals surface area contributed by atoms with Crippen LogP contribution in [0.3, 0.4) is 0 Å². The van der Waals surface area contributed by atoms with Crippen LogP contribution in [0.1, 0.15) is 19.8 Å². The fourth-order valence-electron chi connectivity index (χ4n) is 2.27. The largest absolute Gasteiger partial charge is 0.368 e. The van der Waals surface area contributed by atoms with E-state index in [1.807, 2.05) is 0 Å². The summed E-state index contributed by atoms with van der Waals surface area (Å²) in [6, 6.07) is 5.40. The highest BCUT2D eigenvalue weighted by Gasteiger charge is 2.22. The summed E-state index contributed by atoms with van der Waals surface area (Å²) < 4.78 is 12.8. The van der Waals surface area contributed by atoms with Gasteiger partial charge < -0.3 is 5.32 Å². The molecule has 1 atom stereocenters. The van der Waals surface area contributed by atoms with E-state index in [0.29, 0.717) is 11.9 Å². The van der Waals surface area contributed by atoms with Crippen LogP contribution in [-0.4, -0.2) is 35.6 Å². The maximum Gasteiger partial charge on any atom is 0.214 e. The van der Waals surface area contributed by atoms with Gasteiger partial charge in [-0.05, 0) is 38.1 Å². The molecular formula is C12H18FN3. The Balaban J connectivity index is 1.87. The minimum absolute atomic E-state index is 0.427. The third-order valence-corrected chi connectivity index (χ3v) is 3.14. The number of rotatable bonds is 4. The Bertz CT molecular complexity index is 343. The van der Waals surface area contributed by atoms with Gasteiger partial charge in [0.05, 0.1) is 0 Å². The first-order valence-electron chi connectivity index (χ1n) is 5.90. The van der Waals surface area contributed by atoms with Crippen LogP contribution in [0.5, 0.6) is 0 Å². The van der Waals surface area contributed by atoms with Crippen molar-refractivity contribution in [3.05, 3.63) is 24.1 Å². The van der Waals surface area contributed by atoms with E-state index in [1.54, 1.807) is 12.1 Å². The Kier molecular flexibility index (Phi) is 3.72. The van der Waals surface area contributed by atoms with Gasteiger partial charge in [0.1, 0.15) is 5.82 Å². The highest BCUT2D eigenvalue weighted by molar-refractivity contribution is 5.33. The quantitative estimate of drug-likeness (QED) is 0.792. The molecule has 16 heavy (non-hydrogen) atoms. The van der Waals surface area contributed by atoms with Crippen molar-refractivity contribution in [2.24, 2.45) is 0 Å². The lowest BCUT2D eigenvalue weighted by atomic mass is 10.2. The summed E-state index contributed by atoms with van der Waals surface area (Å²) in [6.45, 7) is 5.30. The van der Waals surface area contributed by atoms with E-state index in [-0.39, 0.29) is 0 Å². The van der Waals surface area contributed by atoms with Gasteiger partial charge in [-0.1, -0.05) is 13.0 Å². The first-order valence-corrected chi connectivity index (χ1v) is 5.90. The number of likely N-dealkylation sites (tertiary alicyclic amines) is 1. The highest BCUT2D eigenvalue weighted by atomic mass is 19.1. The molecule has 1 saturated heterocycles. The fraction of sp³-hybridized carbons (Fsp3) is 0.583. The van der Waals surface area contributed by atoms with Gasteiger partial charge in [-0.3, -0.25) is 4.90 Å². The topological polar surface area (TPSA) is 28.2 Å². The van der Waals surface area contributed by atoms with Gasteiger partial charge in [0.2, 0.25) is 5.95 Å². The van der Waals surface area contributed by atoms with E-state index in [0.717, 1.165) is 13.1 Å². The van der Waals surface area contributed by atoms with Gasteiger partial charge in [-0.25, -0.2) is 4.98 Å². The number of aromatic nitrogens is 1. The molecule has 88 valence electrons. The van der Waals surface area contributed by atoms with E-state index < -0.39 is 5.95 Å². The van der Waals surface area contributed by atoms with Crippen molar-refractivity contribution in [3.8, 4) is 0 Å². The maximum absolute atomic E-state index is 12.8. The monoisotopic (exact) mass is 223 g/mol. The van der Waals surface area contributed by atoms with E-state index in [1.165, 1.54) is 25.5 Å². The number of hydrogen-bond acceptors (Lipinski definition) is 3. The molecule has 0 aliphatic carbocycles. The van der Waals surface area contributed by atoms with Crippen molar-refractivity contribution in [1.29, 1.82) is 0 Å². The predicted molar refractivity (Wildman–Crippen MR) is 63.0 cm³/mol.